The number of hydrogen-bond donors (Lipinski definition) is 3. The lowest BCUT2D eigenvalue weighted by molar-refractivity contribution is -0.274. The van der Waals surface area contributed by atoms with E-state index in [9.17, 15) is 26.4 Å². The largest absolute Gasteiger partial charge is 0.573 e. The molecule has 1 aliphatic heterocycles. The number of rotatable bonds is 11. The van der Waals surface area contributed by atoms with Gasteiger partial charge in [-0.2, -0.15) is 4.31 Å². The van der Waals surface area contributed by atoms with E-state index < -0.39 is 52.0 Å². The third-order valence-corrected chi connectivity index (χ3v) is 10.3. The van der Waals surface area contributed by atoms with Crippen molar-refractivity contribution in [1.29, 1.82) is 0 Å². The number of carbonyl (C=O) groups excluding carboxylic acids is 1. The number of amides is 1. The van der Waals surface area contributed by atoms with Gasteiger partial charge in [0, 0.05) is 47.4 Å². The lowest BCUT2D eigenvalue weighted by Crippen LogP contribution is -2.58. The number of benzene rings is 3. The van der Waals surface area contributed by atoms with E-state index in [0.717, 1.165) is 29.8 Å². The van der Waals surface area contributed by atoms with Gasteiger partial charge in [-0.15, -0.1) is 13.2 Å². The first-order valence-corrected chi connectivity index (χ1v) is 16.6. The van der Waals surface area contributed by atoms with Crippen LogP contribution in [0.1, 0.15) is 44.2 Å². The van der Waals surface area contributed by atoms with Crippen molar-refractivity contribution in [3.8, 4) is 5.75 Å². The van der Waals surface area contributed by atoms with Crippen LogP contribution in [-0.4, -0.2) is 56.2 Å². The maximum absolute atomic E-state index is 15.2. The second kappa shape index (κ2) is 14.7. The summed E-state index contributed by atoms with van der Waals surface area (Å²) < 4.78 is 85.6. The Morgan fingerprint density at radius 1 is 1.09 bits per heavy atom. The molecule has 3 aromatic carbocycles. The van der Waals surface area contributed by atoms with E-state index in [-0.39, 0.29) is 47.4 Å². The van der Waals surface area contributed by atoms with Gasteiger partial charge in [0.25, 0.3) is 0 Å². The second-order valence-electron chi connectivity index (χ2n) is 11.7. The molecule has 0 bridgehead atoms. The highest BCUT2D eigenvalue weighted by molar-refractivity contribution is 7.89. The number of sulfonamides is 1. The Morgan fingerprint density at radius 2 is 1.74 bits per heavy atom. The molecule has 46 heavy (non-hydrogen) atoms. The summed E-state index contributed by atoms with van der Waals surface area (Å²) in [6.07, 6.45) is -4.66. The van der Waals surface area contributed by atoms with Gasteiger partial charge in [-0.1, -0.05) is 43.6 Å². The molecule has 250 valence electrons. The number of ether oxygens (including phenoxy) is 1. The Morgan fingerprint density at radius 3 is 2.35 bits per heavy atom. The number of piperazine rings is 1. The van der Waals surface area contributed by atoms with Crippen LogP contribution in [0.25, 0.3) is 0 Å². The zero-order valence-corrected chi connectivity index (χ0v) is 27.1. The predicted molar refractivity (Wildman–Crippen MR) is 169 cm³/mol. The number of halogens is 5. The number of anilines is 1. The van der Waals surface area contributed by atoms with Crippen molar-refractivity contribution in [1.82, 2.24) is 9.62 Å². The Kier molecular flexibility index (Phi) is 11.4. The van der Waals surface area contributed by atoms with Gasteiger partial charge in [0.05, 0.1) is 10.9 Å². The third kappa shape index (κ3) is 8.56. The monoisotopic (exact) mass is 684 g/mol. The molecule has 4 N–H and O–H groups in total. The van der Waals surface area contributed by atoms with Crippen molar-refractivity contribution in [3.05, 3.63) is 88.7 Å². The standard InChI is InChI=1S/C32H37ClF4N4O4S/c1-19(2)29(21-7-9-22(33)10-8-21)30(38)31(42)40-28-6-4-5-27(34)26(28)16-11-23-18-39-17-20(3)41(23)46(43,44)25-14-12-24(13-15-25)45-32(35,36)37/h4-10,12-15,19-20,23,29-30,39H,11,16-18,38H2,1-3H3,(H,40,42)/t20-,23-,29?,30-/m0/s1. The van der Waals surface area contributed by atoms with E-state index in [4.69, 9.17) is 17.3 Å². The summed E-state index contributed by atoms with van der Waals surface area (Å²) in [6, 6.07) is 13.3. The van der Waals surface area contributed by atoms with E-state index >= 15 is 4.39 Å². The summed E-state index contributed by atoms with van der Waals surface area (Å²) >= 11 is 6.04. The van der Waals surface area contributed by atoms with Gasteiger partial charge in [0.15, 0.2) is 0 Å². The molecule has 4 rings (SSSR count). The summed E-state index contributed by atoms with van der Waals surface area (Å²) in [6.45, 7) is 6.21. The second-order valence-corrected chi connectivity index (χ2v) is 13.9. The predicted octanol–water partition coefficient (Wildman–Crippen LogP) is 6.07. The van der Waals surface area contributed by atoms with Crippen LogP contribution in [0.2, 0.25) is 5.02 Å². The number of alkyl halides is 3. The molecule has 1 amide bonds. The zero-order chi connectivity index (χ0) is 33.8. The maximum Gasteiger partial charge on any atom is 0.573 e. The lowest BCUT2D eigenvalue weighted by Gasteiger charge is -2.40. The van der Waals surface area contributed by atoms with Crippen LogP contribution in [0.3, 0.4) is 0 Å². The first-order valence-electron chi connectivity index (χ1n) is 14.8. The highest BCUT2D eigenvalue weighted by Crippen LogP contribution is 2.32. The number of nitrogens with one attached hydrogen (secondary N) is 2. The van der Waals surface area contributed by atoms with Crippen LogP contribution in [0.5, 0.6) is 5.75 Å². The van der Waals surface area contributed by atoms with Crippen molar-refractivity contribution in [2.24, 2.45) is 11.7 Å². The fourth-order valence-corrected chi connectivity index (χ4v) is 7.88. The average molecular weight is 685 g/mol. The number of nitrogens with zero attached hydrogens (tertiary/aromatic N) is 1. The van der Waals surface area contributed by atoms with Crippen LogP contribution in [0.4, 0.5) is 23.2 Å². The molecule has 4 atom stereocenters. The minimum Gasteiger partial charge on any atom is -0.406 e. The Bertz CT molecular complexity index is 1610. The molecule has 0 spiro atoms. The van der Waals surface area contributed by atoms with Crippen LogP contribution in [-0.2, 0) is 21.2 Å². The van der Waals surface area contributed by atoms with Crippen LogP contribution < -0.4 is 21.1 Å². The fraction of sp³-hybridized carbons (Fsp3) is 0.406. The third-order valence-electron chi connectivity index (χ3n) is 8.01. The van der Waals surface area contributed by atoms with Gasteiger partial charge in [0.2, 0.25) is 15.9 Å². The Hall–Kier alpha value is -3.23. The smallest absolute Gasteiger partial charge is 0.406 e. The summed E-state index contributed by atoms with van der Waals surface area (Å²) in [5, 5.41) is 6.52. The molecule has 3 aromatic rings. The first kappa shape index (κ1) is 35.6. The molecule has 1 aliphatic rings. The van der Waals surface area contributed by atoms with Gasteiger partial charge >= 0.3 is 6.36 Å². The first-order chi connectivity index (χ1) is 21.6. The van der Waals surface area contributed by atoms with Crippen LogP contribution in [0.15, 0.2) is 71.6 Å². The molecule has 0 aliphatic carbocycles. The van der Waals surface area contributed by atoms with Gasteiger partial charge in [-0.05, 0) is 79.8 Å². The van der Waals surface area contributed by atoms with Crippen LogP contribution >= 0.6 is 11.6 Å². The van der Waals surface area contributed by atoms with Crippen molar-refractivity contribution < 1.29 is 35.5 Å². The van der Waals surface area contributed by atoms with Gasteiger partial charge in [-0.25, -0.2) is 12.8 Å². The minimum atomic E-state index is -4.92. The molecule has 1 saturated heterocycles. The summed E-state index contributed by atoms with van der Waals surface area (Å²) in [7, 11) is -4.15. The SMILES string of the molecule is CC(C)C(c1ccc(Cl)cc1)[C@H](N)C(=O)Nc1cccc(F)c1CC[C@H]1CNC[C@H](C)N1S(=O)(=O)c1ccc(OC(F)(F)F)cc1. The molecule has 1 fully saturated rings. The van der Waals surface area contributed by atoms with Gasteiger partial charge < -0.3 is 21.1 Å². The fourth-order valence-electron chi connectivity index (χ4n) is 5.91. The van der Waals surface area contributed by atoms with E-state index in [1.54, 1.807) is 25.1 Å². The molecule has 0 aromatic heterocycles. The number of carbonyl (C=O) groups is 1. The molecule has 0 saturated carbocycles. The van der Waals surface area contributed by atoms with E-state index in [2.05, 4.69) is 15.4 Å². The molecule has 0 radical (unpaired) electrons. The van der Waals surface area contributed by atoms with Gasteiger partial charge in [-0.3, -0.25) is 4.79 Å². The van der Waals surface area contributed by atoms with E-state index in [0.29, 0.717) is 11.6 Å². The molecule has 1 heterocycles. The minimum absolute atomic E-state index is 0.00371. The van der Waals surface area contributed by atoms with Gasteiger partial charge in [0.1, 0.15) is 11.6 Å². The maximum atomic E-state index is 15.2. The Balaban J connectivity index is 1.53. The van der Waals surface area contributed by atoms with E-state index in [1.165, 1.54) is 16.4 Å². The normalized spacial score (nSPS) is 19.1. The topological polar surface area (TPSA) is 114 Å². The highest BCUT2D eigenvalue weighted by Gasteiger charge is 2.38. The Labute approximate surface area is 271 Å². The molecular formula is C32H37ClF4N4O4S. The lowest BCUT2D eigenvalue weighted by atomic mass is 9.82. The average Bonchev–Trinajstić information content (AvgIpc) is 2.97. The zero-order valence-electron chi connectivity index (χ0n) is 25.5. The number of hydrogen-bond acceptors (Lipinski definition) is 6. The number of nitrogens with two attached hydrogens (primary N) is 1. The highest BCUT2D eigenvalue weighted by atomic mass is 35.5. The summed E-state index contributed by atoms with van der Waals surface area (Å²) in [5.74, 6) is -1.97. The molecule has 8 nitrogen and oxygen atoms in total. The molecule has 1 unspecified atom stereocenters. The molecule has 14 heteroatoms. The van der Waals surface area contributed by atoms with Crippen molar-refractivity contribution in [3.63, 3.8) is 0 Å². The van der Waals surface area contributed by atoms with Crippen molar-refractivity contribution >= 4 is 33.2 Å². The molecular weight excluding hydrogens is 648 g/mol. The van der Waals surface area contributed by atoms with Crippen molar-refractivity contribution in [2.75, 3.05) is 18.4 Å². The summed E-state index contributed by atoms with van der Waals surface area (Å²) in [5.41, 5.74) is 7.71. The summed E-state index contributed by atoms with van der Waals surface area (Å²) in [4.78, 5) is 13.2. The van der Waals surface area contributed by atoms with Crippen molar-refractivity contribution in [2.45, 2.75) is 68.9 Å². The quantitative estimate of drug-likeness (QED) is 0.212. The van der Waals surface area contributed by atoms with Crippen LogP contribution in [0, 0.1) is 11.7 Å². The van der Waals surface area contributed by atoms with E-state index in [1.807, 2.05) is 26.0 Å².